The Morgan fingerprint density at radius 3 is 2.56 bits per heavy atom. The Bertz CT molecular complexity index is 993. The minimum absolute atomic E-state index is 0.219. The van der Waals surface area contributed by atoms with E-state index in [1.807, 2.05) is 18.2 Å². The van der Waals surface area contributed by atoms with E-state index in [1.54, 1.807) is 24.3 Å². The Hall–Kier alpha value is -3.62. The summed E-state index contributed by atoms with van der Waals surface area (Å²) in [5, 5.41) is 22.5. The van der Waals surface area contributed by atoms with Gasteiger partial charge in [-0.15, -0.1) is 0 Å². The van der Waals surface area contributed by atoms with Gasteiger partial charge in [0.1, 0.15) is 11.0 Å². The van der Waals surface area contributed by atoms with Gasteiger partial charge in [-0.2, -0.15) is 15.4 Å². The largest absolute Gasteiger partial charge is 0.465 e. The lowest BCUT2D eigenvalue weighted by Gasteiger charge is -2.34. The highest BCUT2D eigenvalue weighted by atomic mass is 16.4. The van der Waals surface area contributed by atoms with Crippen LogP contribution >= 0.6 is 0 Å². The normalized spacial score (nSPS) is 14.4. The van der Waals surface area contributed by atoms with Crippen molar-refractivity contribution in [2.75, 3.05) is 36.4 Å². The first kappa shape index (κ1) is 16.8. The molecule has 1 saturated heterocycles. The lowest BCUT2D eigenvalue weighted by Crippen LogP contribution is -2.48. The molecule has 0 radical (unpaired) electrons. The number of hydrogen-bond acceptors (Lipinski definition) is 5. The van der Waals surface area contributed by atoms with E-state index in [0.29, 0.717) is 42.9 Å². The van der Waals surface area contributed by atoms with E-state index in [4.69, 9.17) is 5.11 Å². The molecule has 138 valence electrons. The van der Waals surface area contributed by atoms with Gasteiger partial charge in [-0.3, -0.25) is 4.79 Å². The fraction of sp³-hybridized carbons (Fsp3) is 0.222. The number of aromatic nitrogens is 3. The van der Waals surface area contributed by atoms with Crippen molar-refractivity contribution in [3.8, 4) is 0 Å². The van der Waals surface area contributed by atoms with E-state index in [2.05, 4.69) is 25.6 Å². The maximum atomic E-state index is 12.6. The molecule has 0 spiro atoms. The summed E-state index contributed by atoms with van der Waals surface area (Å²) in [6.07, 6.45) is -0.896. The molecule has 4 rings (SSSR count). The van der Waals surface area contributed by atoms with Crippen LogP contribution < -0.4 is 10.2 Å². The summed E-state index contributed by atoms with van der Waals surface area (Å²) in [5.41, 5.74) is 3.49. The quantitative estimate of drug-likeness (QED) is 0.653. The van der Waals surface area contributed by atoms with Gasteiger partial charge in [0.2, 0.25) is 0 Å². The number of benzene rings is 2. The molecule has 2 aromatic carbocycles. The summed E-state index contributed by atoms with van der Waals surface area (Å²) in [7, 11) is 0. The number of nitrogens with one attached hydrogen (secondary N) is 2. The van der Waals surface area contributed by atoms with Gasteiger partial charge in [0.15, 0.2) is 0 Å². The molecule has 9 nitrogen and oxygen atoms in total. The number of aromatic amines is 1. The van der Waals surface area contributed by atoms with Gasteiger partial charge >= 0.3 is 6.09 Å². The summed E-state index contributed by atoms with van der Waals surface area (Å²) >= 11 is 0. The molecule has 2 amide bonds. The topological polar surface area (TPSA) is 114 Å². The van der Waals surface area contributed by atoms with Gasteiger partial charge in [-0.25, -0.2) is 4.79 Å². The van der Waals surface area contributed by atoms with Crippen LogP contribution in [0.25, 0.3) is 11.0 Å². The zero-order valence-corrected chi connectivity index (χ0v) is 14.4. The van der Waals surface area contributed by atoms with Crippen LogP contribution in [0.3, 0.4) is 0 Å². The third-order valence-corrected chi connectivity index (χ3v) is 4.60. The number of carboxylic acid groups (broad SMARTS) is 1. The number of fused-ring (bicyclic) bond motifs is 1. The monoisotopic (exact) mass is 366 g/mol. The summed E-state index contributed by atoms with van der Waals surface area (Å²) in [5.74, 6) is -0.219. The molecular weight excluding hydrogens is 348 g/mol. The first-order valence-electron chi connectivity index (χ1n) is 8.55. The van der Waals surface area contributed by atoms with Gasteiger partial charge in [0.25, 0.3) is 5.91 Å². The molecule has 27 heavy (non-hydrogen) atoms. The maximum Gasteiger partial charge on any atom is 0.407 e. The van der Waals surface area contributed by atoms with Crippen molar-refractivity contribution >= 4 is 34.4 Å². The second-order valence-electron chi connectivity index (χ2n) is 6.29. The SMILES string of the molecule is O=C(Nc1ccc2n[nH]nc2c1)c1cccc(N2CCN(C(=O)O)CC2)c1. The fourth-order valence-electron chi connectivity index (χ4n) is 3.12. The predicted octanol–water partition coefficient (Wildman–Crippen LogP) is 2.01. The highest BCUT2D eigenvalue weighted by Crippen LogP contribution is 2.20. The van der Waals surface area contributed by atoms with Crippen molar-refractivity contribution in [2.24, 2.45) is 0 Å². The molecule has 0 bridgehead atoms. The Morgan fingerprint density at radius 1 is 1.00 bits per heavy atom. The summed E-state index contributed by atoms with van der Waals surface area (Å²) < 4.78 is 0. The Labute approximate surface area is 154 Å². The maximum absolute atomic E-state index is 12.6. The number of carbonyl (C=O) groups excluding carboxylic acids is 1. The van der Waals surface area contributed by atoms with Crippen LogP contribution in [0, 0.1) is 0 Å². The second-order valence-corrected chi connectivity index (χ2v) is 6.29. The number of hydrogen-bond donors (Lipinski definition) is 3. The van der Waals surface area contributed by atoms with Crippen molar-refractivity contribution in [1.82, 2.24) is 20.3 Å². The molecule has 0 unspecified atom stereocenters. The van der Waals surface area contributed by atoms with Gasteiger partial charge in [0, 0.05) is 43.1 Å². The minimum Gasteiger partial charge on any atom is -0.465 e. The molecule has 3 N–H and O–H groups in total. The zero-order valence-electron chi connectivity index (χ0n) is 14.4. The highest BCUT2D eigenvalue weighted by Gasteiger charge is 2.21. The van der Waals surface area contributed by atoms with E-state index >= 15 is 0 Å². The molecule has 9 heteroatoms. The van der Waals surface area contributed by atoms with E-state index in [1.165, 1.54) is 4.90 Å². The van der Waals surface area contributed by atoms with Crippen LogP contribution in [0.1, 0.15) is 10.4 Å². The summed E-state index contributed by atoms with van der Waals surface area (Å²) in [6.45, 7) is 2.09. The number of nitrogens with zero attached hydrogens (tertiary/aromatic N) is 4. The van der Waals surface area contributed by atoms with Crippen LogP contribution in [0.5, 0.6) is 0 Å². The average Bonchev–Trinajstić information content (AvgIpc) is 3.16. The number of piperazine rings is 1. The third kappa shape index (κ3) is 3.52. The van der Waals surface area contributed by atoms with Crippen LogP contribution in [0.15, 0.2) is 42.5 Å². The second kappa shape index (κ2) is 6.94. The van der Waals surface area contributed by atoms with Crippen LogP contribution in [-0.4, -0.2) is 63.6 Å². The van der Waals surface area contributed by atoms with Crippen LogP contribution in [0.4, 0.5) is 16.2 Å². The van der Waals surface area contributed by atoms with Gasteiger partial charge in [-0.1, -0.05) is 6.07 Å². The van der Waals surface area contributed by atoms with Crippen LogP contribution in [0.2, 0.25) is 0 Å². The predicted molar refractivity (Wildman–Crippen MR) is 100 cm³/mol. The third-order valence-electron chi connectivity index (χ3n) is 4.60. The Balaban J connectivity index is 1.46. The van der Waals surface area contributed by atoms with Crippen molar-refractivity contribution < 1.29 is 14.7 Å². The molecule has 2 heterocycles. The molecule has 1 aromatic heterocycles. The molecule has 1 aliphatic heterocycles. The first-order valence-corrected chi connectivity index (χ1v) is 8.55. The van der Waals surface area contributed by atoms with Gasteiger partial charge < -0.3 is 20.2 Å². The molecule has 1 fully saturated rings. The molecule has 0 atom stereocenters. The van der Waals surface area contributed by atoms with Crippen molar-refractivity contribution in [1.29, 1.82) is 0 Å². The lowest BCUT2D eigenvalue weighted by atomic mass is 10.1. The van der Waals surface area contributed by atoms with E-state index in [9.17, 15) is 9.59 Å². The van der Waals surface area contributed by atoms with Crippen molar-refractivity contribution in [3.63, 3.8) is 0 Å². The average molecular weight is 366 g/mol. The first-order chi connectivity index (χ1) is 13.1. The summed E-state index contributed by atoms with van der Waals surface area (Å²) in [4.78, 5) is 27.1. The molecular formula is C18H18N6O3. The number of anilines is 2. The Morgan fingerprint density at radius 2 is 1.78 bits per heavy atom. The van der Waals surface area contributed by atoms with Crippen molar-refractivity contribution in [3.05, 3.63) is 48.0 Å². The van der Waals surface area contributed by atoms with E-state index < -0.39 is 6.09 Å². The number of H-pyrrole nitrogens is 1. The minimum atomic E-state index is -0.896. The number of carbonyl (C=O) groups is 2. The van der Waals surface area contributed by atoms with Gasteiger partial charge in [-0.05, 0) is 36.4 Å². The molecule has 0 saturated carbocycles. The number of amides is 2. The highest BCUT2D eigenvalue weighted by molar-refractivity contribution is 6.05. The lowest BCUT2D eigenvalue weighted by molar-refractivity contribution is 0.102. The summed E-state index contributed by atoms with van der Waals surface area (Å²) in [6, 6.07) is 12.6. The van der Waals surface area contributed by atoms with Gasteiger partial charge in [0.05, 0.1) is 0 Å². The number of rotatable bonds is 3. The standard InChI is InChI=1S/C18H18N6O3/c25-17(19-13-4-5-15-16(11-13)21-22-20-15)12-2-1-3-14(10-12)23-6-8-24(9-7-23)18(26)27/h1-5,10-11H,6-9H2,(H,19,25)(H,26,27)(H,20,21,22). The van der Waals surface area contributed by atoms with E-state index in [0.717, 1.165) is 11.2 Å². The van der Waals surface area contributed by atoms with Crippen molar-refractivity contribution in [2.45, 2.75) is 0 Å². The zero-order chi connectivity index (χ0) is 18.8. The van der Waals surface area contributed by atoms with E-state index in [-0.39, 0.29) is 5.91 Å². The molecule has 0 aliphatic carbocycles. The Kier molecular flexibility index (Phi) is 4.33. The molecule has 1 aliphatic rings. The molecule has 3 aromatic rings. The smallest absolute Gasteiger partial charge is 0.407 e. The van der Waals surface area contributed by atoms with Crippen LogP contribution in [-0.2, 0) is 0 Å². The fourth-order valence-corrected chi connectivity index (χ4v) is 3.12.